The van der Waals surface area contributed by atoms with Crippen molar-refractivity contribution >= 4 is 22.2 Å². The molecular formula is C13H17BrO4. The van der Waals surface area contributed by atoms with E-state index in [9.17, 15) is 4.79 Å². The van der Waals surface area contributed by atoms with Gasteiger partial charge in [0.2, 0.25) is 0 Å². The number of carbonyl (C=O) groups excluding carboxylic acids is 1. The Bertz CT molecular complexity index is 368. The van der Waals surface area contributed by atoms with Crippen LogP contribution in [0.3, 0.4) is 0 Å². The van der Waals surface area contributed by atoms with Crippen molar-refractivity contribution in [3.05, 3.63) is 28.2 Å². The fraction of sp³-hybridized carbons (Fsp3) is 0.462. The molecule has 0 aliphatic carbocycles. The van der Waals surface area contributed by atoms with Crippen molar-refractivity contribution in [2.24, 2.45) is 0 Å². The van der Waals surface area contributed by atoms with Crippen LogP contribution in [0.1, 0.15) is 16.8 Å². The minimum Gasteiger partial charge on any atom is -0.491 e. The first-order valence-electron chi connectivity index (χ1n) is 5.72. The molecule has 0 aliphatic heterocycles. The summed E-state index contributed by atoms with van der Waals surface area (Å²) in [5.74, 6) is 0.716. The first-order chi connectivity index (χ1) is 8.77. The molecule has 0 heterocycles. The maximum Gasteiger partial charge on any atom is 0.151 e. The zero-order valence-electron chi connectivity index (χ0n) is 10.4. The van der Waals surface area contributed by atoms with E-state index >= 15 is 0 Å². The van der Waals surface area contributed by atoms with Crippen molar-refractivity contribution in [2.75, 3.05) is 33.5 Å². The van der Waals surface area contributed by atoms with Gasteiger partial charge in [-0.2, -0.15) is 0 Å². The van der Waals surface area contributed by atoms with E-state index in [1.807, 2.05) is 0 Å². The smallest absolute Gasteiger partial charge is 0.151 e. The summed E-state index contributed by atoms with van der Waals surface area (Å²) in [6, 6.07) is 5.25. The molecule has 18 heavy (non-hydrogen) atoms. The van der Waals surface area contributed by atoms with Crippen LogP contribution in [-0.4, -0.2) is 39.8 Å². The molecule has 1 aromatic carbocycles. The van der Waals surface area contributed by atoms with E-state index in [0.717, 1.165) is 17.2 Å². The second kappa shape index (κ2) is 9.08. The Kier molecular flexibility index (Phi) is 7.64. The standard InChI is InChI=1S/C13H17BrO4/c1-16-5-2-6-17-7-8-18-12-4-3-11(10-15)13(14)9-12/h3-4,9-10H,2,5-8H2,1H3. The van der Waals surface area contributed by atoms with E-state index in [4.69, 9.17) is 14.2 Å². The Balaban J connectivity index is 2.19. The molecule has 0 saturated carbocycles. The van der Waals surface area contributed by atoms with Gasteiger partial charge in [-0.1, -0.05) is 0 Å². The van der Waals surface area contributed by atoms with Crippen LogP contribution in [0, 0.1) is 0 Å². The van der Waals surface area contributed by atoms with Crippen LogP contribution >= 0.6 is 15.9 Å². The molecule has 0 N–H and O–H groups in total. The number of carbonyl (C=O) groups is 1. The van der Waals surface area contributed by atoms with Crippen molar-refractivity contribution in [3.63, 3.8) is 0 Å². The van der Waals surface area contributed by atoms with Crippen LogP contribution in [0.15, 0.2) is 22.7 Å². The van der Waals surface area contributed by atoms with Gasteiger partial charge in [0.1, 0.15) is 12.4 Å². The zero-order chi connectivity index (χ0) is 13.2. The Morgan fingerprint density at radius 1 is 1.22 bits per heavy atom. The molecule has 1 aromatic rings. The molecule has 0 bridgehead atoms. The molecule has 0 unspecified atom stereocenters. The van der Waals surface area contributed by atoms with E-state index < -0.39 is 0 Å². The molecule has 5 heteroatoms. The van der Waals surface area contributed by atoms with Gasteiger partial charge in [-0.15, -0.1) is 0 Å². The first-order valence-corrected chi connectivity index (χ1v) is 6.51. The molecule has 0 atom stereocenters. The Hall–Kier alpha value is -0.910. The van der Waals surface area contributed by atoms with Crippen molar-refractivity contribution < 1.29 is 19.0 Å². The predicted molar refractivity (Wildman–Crippen MR) is 72.3 cm³/mol. The molecule has 100 valence electrons. The molecule has 0 aromatic heterocycles. The number of halogens is 1. The van der Waals surface area contributed by atoms with E-state index in [1.54, 1.807) is 25.3 Å². The second-order valence-corrected chi connectivity index (χ2v) is 4.46. The molecule has 1 rings (SSSR count). The largest absolute Gasteiger partial charge is 0.491 e. The minimum absolute atomic E-state index is 0.486. The van der Waals surface area contributed by atoms with Crippen LogP contribution in [-0.2, 0) is 9.47 Å². The van der Waals surface area contributed by atoms with Crippen LogP contribution in [0.5, 0.6) is 5.75 Å². The van der Waals surface area contributed by atoms with E-state index in [2.05, 4.69) is 15.9 Å². The SMILES string of the molecule is COCCCOCCOc1ccc(C=O)c(Br)c1. The third-order valence-corrected chi connectivity index (χ3v) is 2.92. The van der Waals surface area contributed by atoms with Crippen LogP contribution < -0.4 is 4.74 Å². The summed E-state index contributed by atoms with van der Waals surface area (Å²) in [6.07, 6.45) is 1.68. The summed E-state index contributed by atoms with van der Waals surface area (Å²) in [4.78, 5) is 10.6. The van der Waals surface area contributed by atoms with E-state index in [-0.39, 0.29) is 0 Å². The van der Waals surface area contributed by atoms with Gasteiger partial charge in [0.15, 0.2) is 6.29 Å². The van der Waals surface area contributed by atoms with Gasteiger partial charge >= 0.3 is 0 Å². The minimum atomic E-state index is 0.486. The van der Waals surface area contributed by atoms with Gasteiger partial charge in [0.05, 0.1) is 6.61 Å². The average molecular weight is 317 g/mol. The first kappa shape index (κ1) is 15.1. The number of aldehydes is 1. The molecular weight excluding hydrogens is 300 g/mol. The van der Waals surface area contributed by atoms with Gasteiger partial charge in [0, 0.05) is 30.4 Å². The molecule has 0 radical (unpaired) electrons. The Morgan fingerprint density at radius 2 is 2.06 bits per heavy atom. The van der Waals surface area contributed by atoms with Gasteiger partial charge < -0.3 is 14.2 Å². The number of ether oxygens (including phenoxy) is 3. The molecule has 0 amide bonds. The topological polar surface area (TPSA) is 44.8 Å². The van der Waals surface area contributed by atoms with Crippen LogP contribution in [0.25, 0.3) is 0 Å². The van der Waals surface area contributed by atoms with Crippen molar-refractivity contribution in [3.8, 4) is 5.75 Å². The Labute approximate surface area is 115 Å². The summed E-state index contributed by atoms with van der Waals surface area (Å²) < 4.78 is 16.5. The lowest BCUT2D eigenvalue weighted by Gasteiger charge is -2.08. The lowest BCUT2D eigenvalue weighted by atomic mass is 10.2. The maximum atomic E-state index is 10.6. The highest BCUT2D eigenvalue weighted by molar-refractivity contribution is 9.10. The summed E-state index contributed by atoms with van der Waals surface area (Å²) in [5, 5.41) is 0. The van der Waals surface area contributed by atoms with Crippen LogP contribution in [0.2, 0.25) is 0 Å². The maximum absolute atomic E-state index is 10.6. The summed E-state index contributed by atoms with van der Waals surface area (Å²) in [5.41, 5.74) is 0.609. The summed E-state index contributed by atoms with van der Waals surface area (Å²) >= 11 is 3.30. The highest BCUT2D eigenvalue weighted by Crippen LogP contribution is 2.21. The van der Waals surface area contributed by atoms with Gasteiger partial charge in [-0.3, -0.25) is 4.79 Å². The molecule has 0 fully saturated rings. The number of hydrogen-bond acceptors (Lipinski definition) is 4. The van der Waals surface area contributed by atoms with E-state index in [1.165, 1.54) is 0 Å². The van der Waals surface area contributed by atoms with Gasteiger partial charge in [0.25, 0.3) is 0 Å². The van der Waals surface area contributed by atoms with Crippen LogP contribution in [0.4, 0.5) is 0 Å². The fourth-order valence-electron chi connectivity index (χ4n) is 1.32. The number of benzene rings is 1. The normalized spacial score (nSPS) is 10.3. The number of methoxy groups -OCH3 is 1. The fourth-order valence-corrected chi connectivity index (χ4v) is 1.77. The highest BCUT2D eigenvalue weighted by atomic mass is 79.9. The lowest BCUT2D eigenvalue weighted by molar-refractivity contribution is 0.0806. The second-order valence-electron chi connectivity index (χ2n) is 3.61. The van der Waals surface area contributed by atoms with Crippen molar-refractivity contribution in [2.45, 2.75) is 6.42 Å². The zero-order valence-corrected chi connectivity index (χ0v) is 11.9. The molecule has 0 saturated heterocycles. The third-order valence-electron chi connectivity index (χ3n) is 2.23. The van der Waals surface area contributed by atoms with Gasteiger partial charge in [-0.05, 0) is 40.5 Å². The number of rotatable bonds is 9. The van der Waals surface area contributed by atoms with E-state index in [0.29, 0.717) is 37.7 Å². The monoisotopic (exact) mass is 316 g/mol. The summed E-state index contributed by atoms with van der Waals surface area (Å²) in [7, 11) is 1.67. The molecule has 4 nitrogen and oxygen atoms in total. The Morgan fingerprint density at radius 3 is 2.72 bits per heavy atom. The van der Waals surface area contributed by atoms with Gasteiger partial charge in [-0.25, -0.2) is 0 Å². The van der Waals surface area contributed by atoms with Crippen molar-refractivity contribution in [1.29, 1.82) is 0 Å². The predicted octanol–water partition coefficient (Wildman–Crippen LogP) is 2.69. The number of hydrogen-bond donors (Lipinski definition) is 0. The lowest BCUT2D eigenvalue weighted by Crippen LogP contribution is -2.08. The van der Waals surface area contributed by atoms with Crippen molar-refractivity contribution in [1.82, 2.24) is 0 Å². The average Bonchev–Trinajstić information content (AvgIpc) is 2.38. The highest BCUT2D eigenvalue weighted by Gasteiger charge is 2.01. The third kappa shape index (κ3) is 5.62. The quantitative estimate of drug-likeness (QED) is 0.519. The summed E-state index contributed by atoms with van der Waals surface area (Å²) in [6.45, 7) is 2.41. The molecule has 0 spiro atoms. The molecule has 0 aliphatic rings.